The lowest BCUT2D eigenvalue weighted by Gasteiger charge is -2.29. The number of likely N-dealkylation sites (tertiary alicyclic amines) is 1. The summed E-state index contributed by atoms with van der Waals surface area (Å²) in [6, 6.07) is 9.04. The van der Waals surface area contributed by atoms with Gasteiger partial charge in [0.25, 0.3) is 15.9 Å². The molecule has 1 aliphatic heterocycles. The van der Waals surface area contributed by atoms with E-state index in [9.17, 15) is 31.5 Å². The monoisotopic (exact) mass is 428 g/mol. The highest BCUT2D eigenvalue weighted by molar-refractivity contribution is 7.92. The van der Waals surface area contributed by atoms with Crippen molar-refractivity contribution in [3.8, 4) is 0 Å². The van der Waals surface area contributed by atoms with Gasteiger partial charge >= 0.3 is 6.18 Å². The summed E-state index contributed by atoms with van der Waals surface area (Å²) in [7, 11) is -4.13. The molecular weight excluding hydrogens is 409 g/mol. The van der Waals surface area contributed by atoms with Gasteiger partial charge < -0.3 is 10.0 Å². The van der Waals surface area contributed by atoms with E-state index in [4.69, 9.17) is 0 Å². The summed E-state index contributed by atoms with van der Waals surface area (Å²) >= 11 is 0. The van der Waals surface area contributed by atoms with Gasteiger partial charge in [-0.2, -0.15) is 13.2 Å². The minimum Gasteiger partial charge on any atom is -0.393 e. The van der Waals surface area contributed by atoms with Gasteiger partial charge in [0.1, 0.15) is 0 Å². The van der Waals surface area contributed by atoms with Crippen LogP contribution in [-0.4, -0.2) is 43.5 Å². The van der Waals surface area contributed by atoms with Crippen molar-refractivity contribution in [3.05, 3.63) is 59.7 Å². The predicted molar refractivity (Wildman–Crippen MR) is 99.8 cm³/mol. The number of rotatable bonds is 4. The number of anilines is 1. The molecule has 1 aliphatic rings. The van der Waals surface area contributed by atoms with E-state index >= 15 is 0 Å². The van der Waals surface area contributed by atoms with Crippen LogP contribution in [0.5, 0.6) is 0 Å². The van der Waals surface area contributed by atoms with Gasteiger partial charge in [-0.3, -0.25) is 9.52 Å². The number of hydrogen-bond acceptors (Lipinski definition) is 4. The molecule has 0 radical (unpaired) electrons. The van der Waals surface area contributed by atoms with Crippen LogP contribution >= 0.6 is 0 Å². The van der Waals surface area contributed by atoms with Crippen molar-refractivity contribution in [2.75, 3.05) is 17.8 Å². The van der Waals surface area contributed by atoms with Crippen LogP contribution in [0, 0.1) is 0 Å². The average molecular weight is 428 g/mol. The smallest absolute Gasteiger partial charge is 0.393 e. The number of alkyl halides is 3. The summed E-state index contributed by atoms with van der Waals surface area (Å²) in [4.78, 5) is 13.9. The Labute approximate surface area is 166 Å². The molecule has 2 N–H and O–H groups in total. The maximum Gasteiger partial charge on any atom is 0.416 e. The Hall–Kier alpha value is -2.59. The molecule has 0 bridgehead atoms. The van der Waals surface area contributed by atoms with Crippen LogP contribution in [0.2, 0.25) is 0 Å². The standard InChI is InChI=1S/C19H19F3N2O4S/c20-19(21,22)14-2-1-3-15(12-14)23-29(27,28)17-6-4-13(5-7-17)18(26)24-10-8-16(25)9-11-24/h1-7,12,16,23,25H,8-11H2. The molecule has 29 heavy (non-hydrogen) atoms. The highest BCUT2D eigenvalue weighted by atomic mass is 32.2. The number of nitrogens with zero attached hydrogens (tertiary/aromatic N) is 1. The van der Waals surface area contributed by atoms with E-state index in [0.717, 1.165) is 12.1 Å². The lowest BCUT2D eigenvalue weighted by atomic mass is 10.1. The van der Waals surface area contributed by atoms with E-state index in [1.807, 2.05) is 0 Å². The van der Waals surface area contributed by atoms with Crippen molar-refractivity contribution in [1.82, 2.24) is 4.90 Å². The number of carbonyl (C=O) groups is 1. The minimum atomic E-state index is -4.59. The highest BCUT2D eigenvalue weighted by Crippen LogP contribution is 2.31. The second kappa shape index (κ2) is 8.03. The van der Waals surface area contributed by atoms with Gasteiger partial charge in [-0.05, 0) is 55.3 Å². The van der Waals surface area contributed by atoms with Gasteiger partial charge in [0.15, 0.2) is 0 Å². The van der Waals surface area contributed by atoms with Crippen molar-refractivity contribution in [2.24, 2.45) is 0 Å². The summed E-state index contributed by atoms with van der Waals surface area (Å²) < 4.78 is 65.4. The number of benzene rings is 2. The molecular formula is C19H19F3N2O4S. The number of amides is 1. The normalized spacial score (nSPS) is 15.9. The molecule has 1 amide bonds. The number of piperidine rings is 1. The zero-order chi connectivity index (χ0) is 21.2. The van der Waals surface area contributed by atoms with Crippen molar-refractivity contribution >= 4 is 21.6 Å². The summed E-state index contributed by atoms with van der Waals surface area (Å²) in [6.45, 7) is 0.828. The molecule has 156 valence electrons. The molecule has 1 heterocycles. The summed E-state index contributed by atoms with van der Waals surface area (Å²) in [5.41, 5.74) is -0.892. The fraction of sp³-hybridized carbons (Fsp3) is 0.316. The molecule has 1 saturated heterocycles. The van der Waals surface area contributed by atoms with Crippen LogP contribution in [0.15, 0.2) is 53.4 Å². The first-order valence-corrected chi connectivity index (χ1v) is 10.3. The topological polar surface area (TPSA) is 86.7 Å². The fourth-order valence-electron chi connectivity index (χ4n) is 3.00. The minimum absolute atomic E-state index is 0.180. The third kappa shape index (κ3) is 5.07. The van der Waals surface area contributed by atoms with Crippen LogP contribution in [0.25, 0.3) is 0 Å². The molecule has 2 aromatic carbocycles. The number of nitrogens with one attached hydrogen (secondary N) is 1. The number of carbonyl (C=O) groups excluding carboxylic acids is 1. The third-order valence-corrected chi connectivity index (χ3v) is 6.00. The van der Waals surface area contributed by atoms with Gasteiger partial charge in [0.05, 0.1) is 16.6 Å². The molecule has 0 aromatic heterocycles. The Balaban J connectivity index is 1.74. The quantitative estimate of drug-likeness (QED) is 0.784. The maximum absolute atomic E-state index is 12.8. The Morgan fingerprint density at radius 1 is 1.07 bits per heavy atom. The van der Waals surface area contributed by atoms with Crippen molar-refractivity contribution in [2.45, 2.75) is 30.0 Å². The van der Waals surface area contributed by atoms with E-state index in [1.165, 1.54) is 30.3 Å². The van der Waals surface area contributed by atoms with Crippen molar-refractivity contribution in [3.63, 3.8) is 0 Å². The first-order chi connectivity index (χ1) is 13.6. The molecule has 2 aromatic rings. The Kier molecular flexibility index (Phi) is 5.85. The molecule has 0 unspecified atom stereocenters. The first-order valence-electron chi connectivity index (χ1n) is 8.84. The Morgan fingerprint density at radius 2 is 1.69 bits per heavy atom. The van der Waals surface area contributed by atoms with Crippen molar-refractivity contribution < 1.29 is 31.5 Å². The van der Waals surface area contributed by atoms with E-state index in [0.29, 0.717) is 37.6 Å². The van der Waals surface area contributed by atoms with Gasteiger partial charge in [0.2, 0.25) is 0 Å². The van der Waals surface area contributed by atoms with Crippen LogP contribution in [0.4, 0.5) is 18.9 Å². The Bertz CT molecular complexity index is 983. The van der Waals surface area contributed by atoms with E-state index < -0.39 is 27.9 Å². The second-order valence-electron chi connectivity index (χ2n) is 6.73. The first kappa shape index (κ1) is 21.1. The largest absolute Gasteiger partial charge is 0.416 e. The summed E-state index contributed by atoms with van der Waals surface area (Å²) in [6.07, 6.45) is -4.04. The number of aliphatic hydroxyl groups is 1. The molecule has 0 atom stereocenters. The molecule has 0 aliphatic carbocycles. The van der Waals surface area contributed by atoms with Gasteiger partial charge in [-0.15, -0.1) is 0 Å². The van der Waals surface area contributed by atoms with Crippen LogP contribution in [0.3, 0.4) is 0 Å². The second-order valence-corrected chi connectivity index (χ2v) is 8.41. The highest BCUT2D eigenvalue weighted by Gasteiger charge is 2.31. The zero-order valence-corrected chi connectivity index (χ0v) is 16.0. The van der Waals surface area contributed by atoms with Crippen molar-refractivity contribution in [1.29, 1.82) is 0 Å². The number of hydrogen-bond donors (Lipinski definition) is 2. The molecule has 6 nitrogen and oxygen atoms in total. The summed E-state index contributed by atoms with van der Waals surface area (Å²) in [5.74, 6) is -0.272. The van der Waals surface area contributed by atoms with Gasteiger partial charge in [0, 0.05) is 24.3 Å². The average Bonchev–Trinajstić information content (AvgIpc) is 2.67. The predicted octanol–water partition coefficient (Wildman–Crippen LogP) is 3.10. The SMILES string of the molecule is O=C(c1ccc(S(=O)(=O)Nc2cccc(C(F)(F)F)c2)cc1)N1CCC(O)CC1. The molecule has 3 rings (SSSR count). The zero-order valence-electron chi connectivity index (χ0n) is 15.2. The summed E-state index contributed by atoms with van der Waals surface area (Å²) in [5, 5.41) is 9.51. The molecule has 1 fully saturated rings. The van der Waals surface area contributed by atoms with Gasteiger partial charge in [-0.25, -0.2) is 8.42 Å². The van der Waals surface area contributed by atoms with Crippen LogP contribution in [-0.2, 0) is 16.2 Å². The lowest BCUT2D eigenvalue weighted by Crippen LogP contribution is -2.40. The van der Waals surface area contributed by atoms with Crippen LogP contribution in [0.1, 0.15) is 28.8 Å². The van der Waals surface area contributed by atoms with E-state index in [2.05, 4.69) is 4.72 Å². The maximum atomic E-state index is 12.8. The van der Waals surface area contributed by atoms with Gasteiger partial charge in [-0.1, -0.05) is 6.07 Å². The van der Waals surface area contributed by atoms with E-state index in [1.54, 1.807) is 4.90 Å². The Morgan fingerprint density at radius 3 is 2.28 bits per heavy atom. The number of halogens is 3. The number of sulfonamides is 1. The number of aliphatic hydroxyl groups excluding tert-OH is 1. The lowest BCUT2D eigenvalue weighted by molar-refractivity contribution is -0.137. The third-order valence-electron chi connectivity index (χ3n) is 4.61. The fourth-order valence-corrected chi connectivity index (χ4v) is 4.05. The molecule has 10 heteroatoms. The molecule has 0 spiro atoms. The van der Waals surface area contributed by atoms with E-state index in [-0.39, 0.29) is 16.5 Å². The molecule has 0 saturated carbocycles. The van der Waals surface area contributed by atoms with Crippen LogP contribution < -0.4 is 4.72 Å².